The third-order valence-corrected chi connectivity index (χ3v) is 6.37. The van der Waals surface area contributed by atoms with Crippen LogP contribution in [0.3, 0.4) is 0 Å². The van der Waals surface area contributed by atoms with Gasteiger partial charge in [0.2, 0.25) is 6.79 Å². The van der Waals surface area contributed by atoms with Gasteiger partial charge in [0, 0.05) is 45.0 Å². The molecule has 3 heterocycles. The van der Waals surface area contributed by atoms with Crippen LogP contribution < -0.4 is 25.0 Å². The molecule has 0 bridgehead atoms. The van der Waals surface area contributed by atoms with Gasteiger partial charge in [-0.15, -0.1) is 0 Å². The van der Waals surface area contributed by atoms with Gasteiger partial charge in [-0.3, -0.25) is 14.5 Å². The van der Waals surface area contributed by atoms with Crippen LogP contribution in [0.2, 0.25) is 0 Å². The van der Waals surface area contributed by atoms with Crippen molar-refractivity contribution < 1.29 is 27.9 Å². The predicted molar refractivity (Wildman–Crippen MR) is 129 cm³/mol. The molecule has 1 saturated heterocycles. The Morgan fingerprint density at radius 3 is 2.42 bits per heavy atom. The molecule has 2 amide bonds. The van der Waals surface area contributed by atoms with Gasteiger partial charge in [-0.05, 0) is 54.1 Å². The molecule has 0 saturated carbocycles. The van der Waals surface area contributed by atoms with Gasteiger partial charge in [-0.2, -0.15) is 0 Å². The topological polar surface area (TPSA) is 96.3 Å². The number of carbonyl (C=O) groups is 2. The highest BCUT2D eigenvalue weighted by Gasteiger charge is 2.28. The number of hydrogen-bond donors (Lipinski definition) is 2. The van der Waals surface area contributed by atoms with Crippen molar-refractivity contribution in [2.75, 3.05) is 44.4 Å². The van der Waals surface area contributed by atoms with Crippen LogP contribution in [-0.4, -0.2) is 56.2 Å². The highest BCUT2D eigenvalue weighted by Crippen LogP contribution is 2.32. The molecule has 2 aliphatic heterocycles. The number of anilines is 1. The Hall–Kier alpha value is -4.05. The molecule has 2 N–H and O–H groups in total. The van der Waals surface area contributed by atoms with Gasteiger partial charge in [-0.1, -0.05) is 6.07 Å². The fourth-order valence-corrected chi connectivity index (χ4v) is 4.42. The zero-order chi connectivity index (χ0) is 24.9. The summed E-state index contributed by atoms with van der Waals surface area (Å²) < 4.78 is 29.5. The fraction of sp³-hybridized carbons (Fsp3) is 0.308. The number of nitrogens with zero attached hydrogens (tertiary/aromatic N) is 2. The Kier molecular flexibility index (Phi) is 7.03. The lowest BCUT2D eigenvalue weighted by Gasteiger charge is -2.39. The zero-order valence-corrected chi connectivity index (χ0v) is 19.6. The van der Waals surface area contributed by atoms with Crippen molar-refractivity contribution in [1.82, 2.24) is 15.5 Å². The van der Waals surface area contributed by atoms with Crippen molar-refractivity contribution >= 4 is 17.5 Å². The minimum Gasteiger partial charge on any atom is -0.468 e. The number of piperazine rings is 1. The summed E-state index contributed by atoms with van der Waals surface area (Å²) in [7, 11) is 0. The first-order valence-corrected chi connectivity index (χ1v) is 11.8. The molecule has 1 unspecified atom stereocenters. The minimum absolute atomic E-state index is 0.172. The molecule has 36 heavy (non-hydrogen) atoms. The predicted octanol–water partition coefficient (Wildman–Crippen LogP) is 2.44. The van der Waals surface area contributed by atoms with Crippen molar-refractivity contribution in [3.05, 3.63) is 78.0 Å². The Bertz CT molecular complexity index is 1190. The second-order valence-electron chi connectivity index (χ2n) is 8.61. The van der Waals surface area contributed by atoms with Crippen LogP contribution in [0, 0.1) is 5.82 Å². The summed E-state index contributed by atoms with van der Waals surface area (Å²) >= 11 is 0. The molecule has 1 fully saturated rings. The number of furan rings is 1. The first-order chi connectivity index (χ1) is 17.6. The summed E-state index contributed by atoms with van der Waals surface area (Å²) in [6, 6.07) is 15.3. The third-order valence-electron chi connectivity index (χ3n) is 6.37. The number of amides is 2. The van der Waals surface area contributed by atoms with Crippen molar-refractivity contribution in [3.63, 3.8) is 0 Å². The number of benzene rings is 2. The van der Waals surface area contributed by atoms with E-state index in [1.54, 1.807) is 36.6 Å². The minimum atomic E-state index is -0.716. The molecule has 3 aromatic rings. The molecular formula is C26H27FN4O5. The van der Waals surface area contributed by atoms with Gasteiger partial charge in [0.05, 0.1) is 12.3 Å². The Morgan fingerprint density at radius 2 is 1.67 bits per heavy atom. The van der Waals surface area contributed by atoms with Crippen LogP contribution >= 0.6 is 0 Å². The monoisotopic (exact) mass is 494 g/mol. The average molecular weight is 495 g/mol. The van der Waals surface area contributed by atoms with E-state index in [9.17, 15) is 14.0 Å². The Balaban J connectivity index is 1.14. The normalized spacial score (nSPS) is 16.0. The number of rotatable bonds is 7. The van der Waals surface area contributed by atoms with E-state index in [2.05, 4.69) is 20.4 Å². The van der Waals surface area contributed by atoms with Crippen LogP contribution in [0.25, 0.3) is 0 Å². The smallest absolute Gasteiger partial charge is 0.309 e. The maximum Gasteiger partial charge on any atom is 0.309 e. The number of halogens is 1. The van der Waals surface area contributed by atoms with E-state index < -0.39 is 11.8 Å². The van der Waals surface area contributed by atoms with Gasteiger partial charge in [-0.25, -0.2) is 4.39 Å². The number of ether oxygens (including phenoxy) is 2. The fourth-order valence-electron chi connectivity index (χ4n) is 4.42. The quantitative estimate of drug-likeness (QED) is 0.487. The Labute approximate surface area is 207 Å². The molecule has 2 aliphatic rings. The van der Waals surface area contributed by atoms with Crippen molar-refractivity contribution in [3.8, 4) is 11.5 Å². The van der Waals surface area contributed by atoms with Crippen molar-refractivity contribution in [1.29, 1.82) is 0 Å². The van der Waals surface area contributed by atoms with E-state index in [1.807, 2.05) is 12.1 Å². The number of nitrogens with one attached hydrogen (secondary N) is 2. The van der Waals surface area contributed by atoms with Gasteiger partial charge >= 0.3 is 11.8 Å². The number of hydrogen-bond acceptors (Lipinski definition) is 7. The highest BCUT2D eigenvalue weighted by molar-refractivity contribution is 6.35. The molecule has 0 radical (unpaired) electrons. The largest absolute Gasteiger partial charge is 0.468 e. The van der Waals surface area contributed by atoms with Crippen LogP contribution in [0.1, 0.15) is 17.4 Å². The first kappa shape index (κ1) is 23.7. The van der Waals surface area contributed by atoms with E-state index in [0.29, 0.717) is 17.3 Å². The van der Waals surface area contributed by atoms with E-state index in [-0.39, 0.29) is 31.7 Å². The van der Waals surface area contributed by atoms with E-state index in [0.717, 1.165) is 37.4 Å². The molecule has 2 aromatic carbocycles. The molecule has 0 aliphatic carbocycles. The SMILES string of the molecule is O=C(NCc1ccc2c(c1)OCO2)C(=O)NCC(c1ccco1)N1CCN(c2ccc(F)cc2)CC1. The summed E-state index contributed by atoms with van der Waals surface area (Å²) in [6.45, 7) is 3.51. The molecule has 9 nitrogen and oxygen atoms in total. The molecule has 5 rings (SSSR count). The number of fused-ring (bicyclic) bond motifs is 1. The molecule has 1 atom stereocenters. The second-order valence-corrected chi connectivity index (χ2v) is 8.61. The van der Waals surface area contributed by atoms with Gasteiger partial charge in [0.1, 0.15) is 11.6 Å². The third kappa shape index (κ3) is 5.44. The lowest BCUT2D eigenvalue weighted by atomic mass is 10.1. The van der Waals surface area contributed by atoms with Gasteiger partial charge in [0.15, 0.2) is 11.5 Å². The van der Waals surface area contributed by atoms with Crippen LogP contribution in [-0.2, 0) is 16.1 Å². The molecular weight excluding hydrogens is 467 g/mol. The lowest BCUT2D eigenvalue weighted by molar-refractivity contribution is -0.139. The molecule has 10 heteroatoms. The van der Waals surface area contributed by atoms with E-state index >= 15 is 0 Å². The second kappa shape index (κ2) is 10.7. The van der Waals surface area contributed by atoms with Gasteiger partial charge in [0.25, 0.3) is 0 Å². The first-order valence-electron chi connectivity index (χ1n) is 11.8. The van der Waals surface area contributed by atoms with Crippen molar-refractivity contribution in [2.45, 2.75) is 12.6 Å². The summed E-state index contributed by atoms with van der Waals surface area (Å²) in [5, 5.41) is 5.38. The maximum absolute atomic E-state index is 13.3. The molecule has 0 spiro atoms. The maximum atomic E-state index is 13.3. The van der Waals surface area contributed by atoms with Crippen LogP contribution in [0.4, 0.5) is 10.1 Å². The Morgan fingerprint density at radius 1 is 0.917 bits per heavy atom. The molecule has 1 aromatic heterocycles. The van der Waals surface area contributed by atoms with E-state index in [4.69, 9.17) is 13.9 Å². The summed E-state index contributed by atoms with van der Waals surface area (Å²) in [5.41, 5.74) is 1.77. The summed E-state index contributed by atoms with van der Waals surface area (Å²) in [5.74, 6) is 0.304. The summed E-state index contributed by atoms with van der Waals surface area (Å²) in [4.78, 5) is 29.3. The highest BCUT2D eigenvalue weighted by atomic mass is 19.1. The van der Waals surface area contributed by atoms with Gasteiger partial charge < -0.3 is 29.4 Å². The molecule has 188 valence electrons. The lowest BCUT2D eigenvalue weighted by Crippen LogP contribution is -2.50. The van der Waals surface area contributed by atoms with Crippen LogP contribution in [0.5, 0.6) is 11.5 Å². The van der Waals surface area contributed by atoms with Crippen LogP contribution in [0.15, 0.2) is 65.3 Å². The number of carbonyl (C=O) groups excluding carboxylic acids is 2. The standard InChI is InChI=1S/C26H27FN4O5/c27-19-4-6-20(7-5-19)30-9-11-31(12-10-30)21(22-2-1-13-34-22)16-29-26(33)25(32)28-15-18-3-8-23-24(14-18)36-17-35-23/h1-8,13-14,21H,9-12,15-17H2,(H,28,32)(H,29,33). The van der Waals surface area contributed by atoms with Crippen molar-refractivity contribution in [2.24, 2.45) is 0 Å². The summed E-state index contributed by atoms with van der Waals surface area (Å²) in [6.07, 6.45) is 1.59. The zero-order valence-electron chi connectivity index (χ0n) is 19.6. The average Bonchev–Trinajstić information content (AvgIpc) is 3.60. The van der Waals surface area contributed by atoms with E-state index in [1.165, 1.54) is 12.1 Å².